The Morgan fingerprint density at radius 1 is 1.53 bits per heavy atom. The quantitative estimate of drug-likeness (QED) is 0.750. The van der Waals surface area contributed by atoms with Crippen LogP contribution >= 0.6 is 11.3 Å². The van der Waals surface area contributed by atoms with Gasteiger partial charge in [0.15, 0.2) is 0 Å². The predicted molar refractivity (Wildman–Crippen MR) is 73.9 cm³/mol. The fraction of sp³-hybridized carbons (Fsp3) is 0.571. The molecule has 0 bridgehead atoms. The second-order valence-electron chi connectivity index (χ2n) is 4.96. The number of esters is 1. The van der Waals surface area contributed by atoms with Crippen molar-refractivity contribution >= 4 is 23.2 Å². The summed E-state index contributed by atoms with van der Waals surface area (Å²) in [7, 11) is 1.38. The first-order valence-electron chi connectivity index (χ1n) is 6.51. The van der Waals surface area contributed by atoms with E-state index >= 15 is 0 Å². The maximum Gasteiger partial charge on any atom is 0.310 e. The van der Waals surface area contributed by atoms with Gasteiger partial charge >= 0.3 is 5.97 Å². The summed E-state index contributed by atoms with van der Waals surface area (Å²) in [5.74, 6) is -0.409. The summed E-state index contributed by atoms with van der Waals surface area (Å²) in [6, 6.07) is 4.24. The van der Waals surface area contributed by atoms with Crippen molar-refractivity contribution in [3.05, 3.63) is 22.4 Å². The van der Waals surface area contributed by atoms with Gasteiger partial charge in [0.2, 0.25) is 5.91 Å². The molecule has 1 amide bonds. The first-order valence-corrected chi connectivity index (χ1v) is 7.39. The van der Waals surface area contributed by atoms with Crippen molar-refractivity contribution in [2.75, 3.05) is 13.7 Å². The SMILES string of the molecule is COC(=O)C(C)CN(C(=O)Cc1cccs1)C1CC1. The lowest BCUT2D eigenvalue weighted by Gasteiger charge is -2.24. The van der Waals surface area contributed by atoms with Gasteiger partial charge in [-0.15, -0.1) is 11.3 Å². The highest BCUT2D eigenvalue weighted by Gasteiger charge is 2.34. The maximum absolute atomic E-state index is 12.3. The van der Waals surface area contributed by atoms with Crippen LogP contribution in [0.25, 0.3) is 0 Å². The van der Waals surface area contributed by atoms with Gasteiger partial charge in [0, 0.05) is 17.5 Å². The topological polar surface area (TPSA) is 46.6 Å². The minimum Gasteiger partial charge on any atom is -0.469 e. The van der Waals surface area contributed by atoms with Gasteiger partial charge in [-0.05, 0) is 24.3 Å². The number of thiophene rings is 1. The lowest BCUT2D eigenvalue weighted by atomic mass is 10.1. The van der Waals surface area contributed by atoms with Gasteiger partial charge in [0.05, 0.1) is 19.4 Å². The minimum absolute atomic E-state index is 0.112. The van der Waals surface area contributed by atoms with E-state index in [4.69, 9.17) is 4.74 Å². The van der Waals surface area contributed by atoms with Crippen LogP contribution in [0.3, 0.4) is 0 Å². The number of hydrogen-bond donors (Lipinski definition) is 0. The number of carbonyl (C=O) groups excluding carboxylic acids is 2. The third-order valence-electron chi connectivity index (χ3n) is 3.29. The highest BCUT2D eigenvalue weighted by Crippen LogP contribution is 2.28. The highest BCUT2D eigenvalue weighted by atomic mass is 32.1. The normalized spacial score (nSPS) is 15.9. The summed E-state index contributed by atoms with van der Waals surface area (Å²) in [6.07, 6.45) is 2.52. The van der Waals surface area contributed by atoms with Crippen LogP contribution in [-0.4, -0.2) is 36.5 Å². The molecule has 1 aliphatic rings. The summed E-state index contributed by atoms with van der Waals surface area (Å²) < 4.78 is 4.72. The lowest BCUT2D eigenvalue weighted by Crippen LogP contribution is -2.39. The molecule has 4 nitrogen and oxygen atoms in total. The largest absolute Gasteiger partial charge is 0.469 e. The molecule has 1 unspecified atom stereocenters. The van der Waals surface area contributed by atoms with Crippen molar-refractivity contribution in [2.45, 2.75) is 32.2 Å². The van der Waals surface area contributed by atoms with E-state index in [0.29, 0.717) is 19.0 Å². The van der Waals surface area contributed by atoms with Crippen LogP contribution < -0.4 is 0 Å². The van der Waals surface area contributed by atoms with E-state index in [-0.39, 0.29) is 17.8 Å². The first kappa shape index (κ1) is 14.1. The second kappa shape index (κ2) is 6.19. The molecule has 0 aromatic carbocycles. The molecule has 0 spiro atoms. The molecule has 2 rings (SSSR count). The molecule has 1 atom stereocenters. The molecule has 0 N–H and O–H groups in total. The van der Waals surface area contributed by atoms with Crippen LogP contribution in [-0.2, 0) is 20.7 Å². The first-order chi connectivity index (χ1) is 9.11. The highest BCUT2D eigenvalue weighted by molar-refractivity contribution is 7.10. The third kappa shape index (κ3) is 3.80. The number of rotatable bonds is 6. The standard InChI is InChI=1S/C14H19NO3S/c1-10(14(17)18-2)9-15(11-5-6-11)13(16)8-12-4-3-7-19-12/h3-4,7,10-11H,5-6,8-9H2,1-2H3. The number of carbonyl (C=O) groups is 2. The average molecular weight is 281 g/mol. The summed E-state index contributed by atoms with van der Waals surface area (Å²) in [5, 5.41) is 1.97. The average Bonchev–Trinajstić information content (AvgIpc) is 3.12. The maximum atomic E-state index is 12.3. The summed E-state index contributed by atoms with van der Waals surface area (Å²) >= 11 is 1.59. The number of methoxy groups -OCH3 is 1. The number of amides is 1. The smallest absolute Gasteiger partial charge is 0.310 e. The van der Waals surface area contributed by atoms with Crippen LogP contribution in [0.5, 0.6) is 0 Å². The zero-order chi connectivity index (χ0) is 13.8. The van der Waals surface area contributed by atoms with Crippen molar-refractivity contribution in [3.8, 4) is 0 Å². The fourth-order valence-electron chi connectivity index (χ4n) is 2.08. The van der Waals surface area contributed by atoms with E-state index in [1.54, 1.807) is 18.3 Å². The van der Waals surface area contributed by atoms with Crippen LogP contribution in [0.2, 0.25) is 0 Å². The van der Waals surface area contributed by atoms with Gasteiger partial charge in [0.1, 0.15) is 0 Å². The van der Waals surface area contributed by atoms with Crippen molar-refractivity contribution < 1.29 is 14.3 Å². The van der Waals surface area contributed by atoms with Crippen molar-refractivity contribution in [1.29, 1.82) is 0 Å². The summed E-state index contributed by atoms with van der Waals surface area (Å²) in [5.41, 5.74) is 0. The van der Waals surface area contributed by atoms with Gasteiger partial charge in [-0.2, -0.15) is 0 Å². The number of ether oxygens (including phenoxy) is 1. The van der Waals surface area contributed by atoms with Crippen LogP contribution in [0.4, 0.5) is 0 Å². The Bertz CT molecular complexity index is 440. The Morgan fingerprint density at radius 3 is 2.79 bits per heavy atom. The van der Waals surface area contributed by atoms with Crippen LogP contribution in [0.15, 0.2) is 17.5 Å². The van der Waals surface area contributed by atoms with Crippen molar-refractivity contribution in [2.24, 2.45) is 5.92 Å². The molecular weight excluding hydrogens is 262 g/mol. The molecule has 1 fully saturated rings. The van der Waals surface area contributed by atoms with E-state index < -0.39 is 0 Å². The minimum atomic E-state index is -0.266. The van der Waals surface area contributed by atoms with Crippen LogP contribution in [0.1, 0.15) is 24.6 Å². The zero-order valence-electron chi connectivity index (χ0n) is 11.3. The van der Waals surface area contributed by atoms with Crippen LogP contribution in [0, 0.1) is 5.92 Å². The molecule has 1 aromatic rings. The van der Waals surface area contributed by atoms with E-state index in [1.807, 2.05) is 22.4 Å². The van der Waals surface area contributed by atoms with Gasteiger partial charge in [-0.1, -0.05) is 13.0 Å². The molecule has 5 heteroatoms. The van der Waals surface area contributed by atoms with E-state index in [0.717, 1.165) is 17.7 Å². The molecule has 19 heavy (non-hydrogen) atoms. The van der Waals surface area contributed by atoms with E-state index in [1.165, 1.54) is 7.11 Å². The second-order valence-corrected chi connectivity index (χ2v) is 5.99. The number of nitrogens with zero attached hydrogens (tertiary/aromatic N) is 1. The van der Waals surface area contributed by atoms with Gasteiger partial charge in [0.25, 0.3) is 0 Å². The fourth-order valence-corrected chi connectivity index (χ4v) is 2.77. The summed E-state index contributed by atoms with van der Waals surface area (Å²) in [4.78, 5) is 26.7. The van der Waals surface area contributed by atoms with Gasteiger partial charge in [-0.3, -0.25) is 9.59 Å². The molecule has 0 radical (unpaired) electrons. The Morgan fingerprint density at radius 2 is 2.26 bits per heavy atom. The van der Waals surface area contributed by atoms with Gasteiger partial charge < -0.3 is 9.64 Å². The molecule has 1 heterocycles. The molecular formula is C14H19NO3S. The summed E-state index contributed by atoms with van der Waals surface area (Å²) in [6.45, 7) is 2.27. The monoisotopic (exact) mass is 281 g/mol. The predicted octanol–water partition coefficient (Wildman–Crippen LogP) is 2.09. The van der Waals surface area contributed by atoms with Crippen molar-refractivity contribution in [1.82, 2.24) is 4.90 Å². The Hall–Kier alpha value is -1.36. The number of hydrogen-bond acceptors (Lipinski definition) is 4. The lowest BCUT2D eigenvalue weighted by molar-refractivity contribution is -0.146. The third-order valence-corrected chi connectivity index (χ3v) is 4.16. The molecule has 104 valence electrons. The molecule has 1 saturated carbocycles. The van der Waals surface area contributed by atoms with Gasteiger partial charge in [-0.25, -0.2) is 0 Å². The van der Waals surface area contributed by atoms with Crippen molar-refractivity contribution in [3.63, 3.8) is 0 Å². The Balaban J connectivity index is 1.95. The van der Waals surface area contributed by atoms with E-state index in [9.17, 15) is 9.59 Å². The molecule has 0 saturated heterocycles. The Labute approximate surface area is 117 Å². The molecule has 1 aliphatic carbocycles. The molecule has 0 aliphatic heterocycles. The zero-order valence-corrected chi connectivity index (χ0v) is 12.1. The molecule has 1 aromatic heterocycles. The van der Waals surface area contributed by atoms with E-state index in [2.05, 4.69) is 0 Å². The Kier molecular flexibility index (Phi) is 4.58.